The number of hydrazone groups is 2. The summed E-state index contributed by atoms with van der Waals surface area (Å²) in [6.07, 6.45) is 2.91. The summed E-state index contributed by atoms with van der Waals surface area (Å²) in [6.45, 7) is 4.15. The van der Waals surface area contributed by atoms with Crippen molar-refractivity contribution in [3.63, 3.8) is 0 Å². The number of benzene rings is 2. The SMILES string of the molecule is CC/C(=N\NC(=S)c1ccccc1)C1(/C(C)=N/NC(=S)c2ccccc2)CC1. The molecule has 4 nitrogen and oxygen atoms in total. The molecule has 0 spiro atoms. The van der Waals surface area contributed by atoms with Crippen molar-refractivity contribution in [2.75, 3.05) is 0 Å². The van der Waals surface area contributed by atoms with Crippen LogP contribution in [0.5, 0.6) is 0 Å². The molecule has 1 saturated carbocycles. The summed E-state index contributed by atoms with van der Waals surface area (Å²) in [6, 6.07) is 19.7. The van der Waals surface area contributed by atoms with Crippen molar-refractivity contribution in [2.24, 2.45) is 15.6 Å². The van der Waals surface area contributed by atoms with Crippen LogP contribution >= 0.6 is 24.4 Å². The Labute approximate surface area is 177 Å². The molecule has 1 aliphatic rings. The molecule has 3 rings (SSSR count). The zero-order chi connectivity index (χ0) is 20.0. The highest BCUT2D eigenvalue weighted by molar-refractivity contribution is 7.81. The predicted molar refractivity (Wildman–Crippen MR) is 125 cm³/mol. The molecule has 0 unspecified atom stereocenters. The van der Waals surface area contributed by atoms with E-state index in [1.54, 1.807) is 0 Å². The first-order valence-electron chi connectivity index (χ1n) is 9.39. The summed E-state index contributed by atoms with van der Waals surface area (Å²) in [5.41, 5.74) is 9.97. The second-order valence-electron chi connectivity index (χ2n) is 6.81. The van der Waals surface area contributed by atoms with Crippen molar-refractivity contribution in [1.29, 1.82) is 0 Å². The molecule has 0 saturated heterocycles. The molecule has 0 radical (unpaired) electrons. The van der Waals surface area contributed by atoms with Gasteiger partial charge in [0.05, 0.1) is 5.41 Å². The van der Waals surface area contributed by atoms with Gasteiger partial charge in [0.1, 0.15) is 9.98 Å². The van der Waals surface area contributed by atoms with Crippen molar-refractivity contribution in [1.82, 2.24) is 10.9 Å². The molecule has 0 amide bonds. The van der Waals surface area contributed by atoms with E-state index in [0.717, 1.165) is 41.8 Å². The van der Waals surface area contributed by atoms with Gasteiger partial charge in [0.25, 0.3) is 0 Å². The van der Waals surface area contributed by atoms with Gasteiger partial charge in [-0.2, -0.15) is 10.2 Å². The Kier molecular flexibility index (Phi) is 6.65. The van der Waals surface area contributed by atoms with E-state index in [2.05, 4.69) is 28.0 Å². The van der Waals surface area contributed by atoms with E-state index in [9.17, 15) is 0 Å². The number of rotatable bonds is 7. The molecule has 0 bridgehead atoms. The van der Waals surface area contributed by atoms with Crippen LogP contribution in [0.1, 0.15) is 44.2 Å². The number of hydrogen-bond acceptors (Lipinski definition) is 4. The summed E-state index contributed by atoms with van der Waals surface area (Å²) in [4.78, 5) is 1.24. The third kappa shape index (κ3) is 4.69. The van der Waals surface area contributed by atoms with Gasteiger partial charge in [-0.15, -0.1) is 0 Å². The maximum Gasteiger partial charge on any atom is 0.126 e. The average Bonchev–Trinajstić information content (AvgIpc) is 3.55. The maximum absolute atomic E-state index is 5.46. The summed E-state index contributed by atoms with van der Waals surface area (Å²) >= 11 is 10.9. The summed E-state index contributed by atoms with van der Waals surface area (Å²) < 4.78 is 0. The summed E-state index contributed by atoms with van der Waals surface area (Å²) in [7, 11) is 0. The fourth-order valence-electron chi connectivity index (χ4n) is 3.18. The number of nitrogens with one attached hydrogen (secondary N) is 2. The van der Waals surface area contributed by atoms with E-state index < -0.39 is 0 Å². The second-order valence-corrected chi connectivity index (χ2v) is 7.62. The zero-order valence-electron chi connectivity index (χ0n) is 16.1. The minimum Gasteiger partial charge on any atom is -0.267 e. The van der Waals surface area contributed by atoms with Gasteiger partial charge < -0.3 is 0 Å². The average molecular weight is 409 g/mol. The molecule has 28 heavy (non-hydrogen) atoms. The first-order chi connectivity index (χ1) is 13.6. The third-order valence-corrected chi connectivity index (χ3v) is 5.67. The van der Waals surface area contributed by atoms with E-state index in [-0.39, 0.29) is 5.41 Å². The molecule has 1 aliphatic carbocycles. The van der Waals surface area contributed by atoms with Crippen LogP contribution in [0.25, 0.3) is 0 Å². The van der Waals surface area contributed by atoms with Gasteiger partial charge in [0.15, 0.2) is 0 Å². The Bertz CT molecular complexity index is 901. The number of nitrogens with zero attached hydrogens (tertiary/aromatic N) is 2. The molecule has 0 aromatic heterocycles. The van der Waals surface area contributed by atoms with Crippen LogP contribution in [0.15, 0.2) is 70.9 Å². The lowest BCUT2D eigenvalue weighted by Crippen LogP contribution is -2.30. The molecule has 0 heterocycles. The van der Waals surface area contributed by atoms with E-state index in [1.165, 1.54) is 0 Å². The van der Waals surface area contributed by atoms with E-state index in [1.807, 2.05) is 67.6 Å². The molecule has 1 fully saturated rings. The fourth-order valence-corrected chi connectivity index (χ4v) is 3.54. The van der Waals surface area contributed by atoms with E-state index >= 15 is 0 Å². The Hall–Kier alpha value is -2.44. The second kappa shape index (κ2) is 9.17. The van der Waals surface area contributed by atoms with Crippen molar-refractivity contribution in [3.05, 3.63) is 71.8 Å². The first kappa shape index (κ1) is 20.3. The Morgan fingerprint density at radius 2 is 1.32 bits per heavy atom. The molecule has 2 aromatic carbocycles. The van der Waals surface area contributed by atoms with E-state index in [4.69, 9.17) is 24.4 Å². The highest BCUT2D eigenvalue weighted by atomic mass is 32.1. The monoisotopic (exact) mass is 408 g/mol. The van der Waals surface area contributed by atoms with Crippen molar-refractivity contribution in [2.45, 2.75) is 33.1 Å². The normalized spacial score (nSPS) is 15.6. The third-order valence-electron chi connectivity index (χ3n) is 5.02. The highest BCUT2D eigenvalue weighted by Crippen LogP contribution is 2.49. The highest BCUT2D eigenvalue weighted by Gasteiger charge is 2.49. The predicted octanol–water partition coefficient (Wildman–Crippen LogP) is 4.84. The van der Waals surface area contributed by atoms with E-state index in [0.29, 0.717) is 9.98 Å². The molecular weight excluding hydrogens is 384 g/mol. The first-order valence-corrected chi connectivity index (χ1v) is 10.2. The molecule has 0 atom stereocenters. The van der Waals surface area contributed by atoms with Crippen molar-refractivity contribution in [3.8, 4) is 0 Å². The quantitative estimate of drug-likeness (QED) is 0.391. The van der Waals surface area contributed by atoms with Gasteiger partial charge in [-0.1, -0.05) is 92.0 Å². The standard InChI is InChI=1S/C22H24N4S2/c1-3-19(24-26-21(28)18-12-8-5-9-13-18)22(14-15-22)16(2)23-25-20(27)17-10-6-4-7-11-17/h4-13H,3,14-15H2,1-2H3,(H,25,27)(H,26,28)/b23-16+,24-19+. The lowest BCUT2D eigenvalue weighted by Gasteiger charge is -2.18. The summed E-state index contributed by atoms with van der Waals surface area (Å²) in [5.74, 6) is 0. The van der Waals surface area contributed by atoms with Gasteiger partial charge in [-0.25, -0.2) is 0 Å². The molecular formula is C22H24N4S2. The lowest BCUT2D eigenvalue weighted by atomic mass is 9.93. The van der Waals surface area contributed by atoms with Gasteiger partial charge in [-0.05, 0) is 26.2 Å². The largest absolute Gasteiger partial charge is 0.267 e. The van der Waals surface area contributed by atoms with Crippen molar-refractivity contribution < 1.29 is 0 Å². The number of thiocarbonyl (C=S) groups is 2. The van der Waals surface area contributed by atoms with Crippen LogP contribution in [0.3, 0.4) is 0 Å². The van der Waals surface area contributed by atoms with Crippen LogP contribution in [-0.4, -0.2) is 21.4 Å². The Morgan fingerprint density at radius 3 is 1.75 bits per heavy atom. The molecule has 6 heteroatoms. The van der Waals surface area contributed by atoms with Crippen LogP contribution in [0.2, 0.25) is 0 Å². The number of hydrogen-bond donors (Lipinski definition) is 2. The molecule has 2 aromatic rings. The smallest absolute Gasteiger partial charge is 0.126 e. The van der Waals surface area contributed by atoms with Crippen LogP contribution < -0.4 is 10.9 Å². The van der Waals surface area contributed by atoms with Crippen molar-refractivity contribution >= 4 is 45.8 Å². The van der Waals surface area contributed by atoms with Crippen LogP contribution in [0, 0.1) is 5.41 Å². The molecule has 144 valence electrons. The fraction of sp³-hybridized carbons (Fsp3) is 0.273. The maximum atomic E-state index is 5.46. The minimum atomic E-state index is -0.104. The molecule has 0 aliphatic heterocycles. The van der Waals surface area contributed by atoms with Gasteiger partial charge in [-0.3, -0.25) is 10.9 Å². The van der Waals surface area contributed by atoms with Crippen LogP contribution in [0.4, 0.5) is 0 Å². The Morgan fingerprint density at radius 1 is 0.857 bits per heavy atom. The molecule has 2 N–H and O–H groups in total. The van der Waals surface area contributed by atoms with Gasteiger partial charge >= 0.3 is 0 Å². The zero-order valence-corrected chi connectivity index (χ0v) is 17.7. The minimum absolute atomic E-state index is 0.104. The lowest BCUT2D eigenvalue weighted by molar-refractivity contribution is 0.868. The Balaban J connectivity index is 1.69. The van der Waals surface area contributed by atoms with Gasteiger partial charge in [0, 0.05) is 22.6 Å². The van der Waals surface area contributed by atoms with Gasteiger partial charge in [0.2, 0.25) is 0 Å². The topological polar surface area (TPSA) is 48.8 Å². The van der Waals surface area contributed by atoms with Crippen LogP contribution in [-0.2, 0) is 0 Å². The summed E-state index contributed by atoms with van der Waals surface area (Å²) in [5, 5.41) is 9.22.